The monoisotopic (exact) mass is 214 g/mol. The zero-order valence-electron chi connectivity index (χ0n) is 9.17. The molecule has 0 aliphatic carbocycles. The van der Waals surface area contributed by atoms with Gasteiger partial charge in [-0.3, -0.25) is 4.98 Å². The van der Waals surface area contributed by atoms with Crippen molar-refractivity contribution in [2.75, 3.05) is 5.32 Å². The van der Waals surface area contributed by atoms with E-state index in [0.29, 0.717) is 5.95 Å². The molecule has 4 heteroatoms. The SMILES string of the molecule is CC[C@H](Nc1ncccn1)c1cccnc1. The van der Waals surface area contributed by atoms with Crippen molar-refractivity contribution in [3.63, 3.8) is 0 Å². The van der Waals surface area contributed by atoms with Crippen molar-refractivity contribution in [3.05, 3.63) is 48.5 Å². The molecule has 2 aromatic rings. The molecule has 0 saturated carbocycles. The summed E-state index contributed by atoms with van der Waals surface area (Å²) in [5, 5.41) is 3.28. The zero-order chi connectivity index (χ0) is 11.2. The third kappa shape index (κ3) is 2.53. The third-order valence-electron chi connectivity index (χ3n) is 2.36. The lowest BCUT2D eigenvalue weighted by molar-refractivity contribution is 0.734. The van der Waals surface area contributed by atoms with Gasteiger partial charge in [-0.05, 0) is 24.1 Å². The maximum atomic E-state index is 4.15. The molecule has 1 atom stereocenters. The van der Waals surface area contributed by atoms with Crippen LogP contribution in [-0.4, -0.2) is 15.0 Å². The highest BCUT2D eigenvalue weighted by atomic mass is 15.1. The molecule has 0 aromatic carbocycles. The molecule has 0 radical (unpaired) electrons. The Labute approximate surface area is 94.8 Å². The summed E-state index contributed by atoms with van der Waals surface area (Å²) in [6.45, 7) is 2.12. The van der Waals surface area contributed by atoms with E-state index in [2.05, 4.69) is 33.3 Å². The molecule has 0 bridgehead atoms. The summed E-state index contributed by atoms with van der Waals surface area (Å²) in [5.41, 5.74) is 1.15. The fourth-order valence-electron chi connectivity index (χ4n) is 1.53. The van der Waals surface area contributed by atoms with E-state index in [-0.39, 0.29) is 6.04 Å². The molecule has 0 amide bonds. The van der Waals surface area contributed by atoms with Gasteiger partial charge in [-0.2, -0.15) is 0 Å². The molecule has 0 spiro atoms. The molecule has 2 rings (SSSR count). The Morgan fingerprint density at radius 3 is 2.62 bits per heavy atom. The summed E-state index contributed by atoms with van der Waals surface area (Å²) in [5.74, 6) is 0.651. The van der Waals surface area contributed by atoms with Crippen molar-refractivity contribution in [2.24, 2.45) is 0 Å². The van der Waals surface area contributed by atoms with Crippen molar-refractivity contribution >= 4 is 5.95 Å². The van der Waals surface area contributed by atoms with Gasteiger partial charge in [0.2, 0.25) is 5.95 Å². The molecule has 4 nitrogen and oxygen atoms in total. The topological polar surface area (TPSA) is 50.7 Å². The summed E-state index contributed by atoms with van der Waals surface area (Å²) >= 11 is 0. The Balaban J connectivity index is 2.13. The Bertz CT molecular complexity index is 416. The number of nitrogens with one attached hydrogen (secondary N) is 1. The van der Waals surface area contributed by atoms with E-state index in [4.69, 9.17) is 0 Å². The van der Waals surface area contributed by atoms with Gasteiger partial charge in [-0.25, -0.2) is 9.97 Å². The number of nitrogens with zero attached hydrogens (tertiary/aromatic N) is 3. The van der Waals surface area contributed by atoms with Crippen LogP contribution < -0.4 is 5.32 Å². The first-order valence-electron chi connectivity index (χ1n) is 5.33. The van der Waals surface area contributed by atoms with Crippen molar-refractivity contribution in [1.29, 1.82) is 0 Å². The molecule has 2 heterocycles. The summed E-state index contributed by atoms with van der Waals surface area (Å²) in [4.78, 5) is 12.4. The number of anilines is 1. The van der Waals surface area contributed by atoms with Crippen LogP contribution in [0.3, 0.4) is 0 Å². The molecule has 0 aliphatic heterocycles. The van der Waals surface area contributed by atoms with Crippen LogP contribution in [0.15, 0.2) is 43.0 Å². The molecule has 0 aliphatic rings. The molecule has 2 aromatic heterocycles. The van der Waals surface area contributed by atoms with Crippen LogP contribution in [0.1, 0.15) is 24.9 Å². The minimum Gasteiger partial charge on any atom is -0.347 e. The number of hydrogen-bond donors (Lipinski definition) is 1. The predicted molar refractivity (Wildman–Crippen MR) is 62.9 cm³/mol. The van der Waals surface area contributed by atoms with E-state index in [1.54, 1.807) is 24.7 Å². The van der Waals surface area contributed by atoms with Crippen molar-refractivity contribution < 1.29 is 0 Å². The fourth-order valence-corrected chi connectivity index (χ4v) is 1.53. The molecule has 1 N–H and O–H groups in total. The van der Waals surface area contributed by atoms with Crippen LogP contribution in [0.4, 0.5) is 5.95 Å². The Morgan fingerprint density at radius 1 is 1.19 bits per heavy atom. The van der Waals surface area contributed by atoms with E-state index in [9.17, 15) is 0 Å². The highest BCUT2D eigenvalue weighted by molar-refractivity contribution is 5.29. The highest BCUT2D eigenvalue weighted by Crippen LogP contribution is 2.18. The van der Waals surface area contributed by atoms with Gasteiger partial charge in [-0.1, -0.05) is 13.0 Å². The van der Waals surface area contributed by atoms with Gasteiger partial charge in [-0.15, -0.1) is 0 Å². The Hall–Kier alpha value is -1.97. The minimum absolute atomic E-state index is 0.205. The van der Waals surface area contributed by atoms with Gasteiger partial charge >= 0.3 is 0 Å². The molecule has 0 fully saturated rings. The van der Waals surface area contributed by atoms with E-state index in [1.807, 2.05) is 12.3 Å². The lowest BCUT2D eigenvalue weighted by Crippen LogP contribution is -2.11. The zero-order valence-corrected chi connectivity index (χ0v) is 9.17. The molecular formula is C12H14N4. The first-order valence-corrected chi connectivity index (χ1v) is 5.33. The van der Waals surface area contributed by atoms with Gasteiger partial charge in [0.05, 0.1) is 6.04 Å². The number of aromatic nitrogens is 3. The number of hydrogen-bond acceptors (Lipinski definition) is 4. The third-order valence-corrected chi connectivity index (χ3v) is 2.36. The van der Waals surface area contributed by atoms with Gasteiger partial charge < -0.3 is 5.32 Å². The molecular weight excluding hydrogens is 200 g/mol. The molecule has 82 valence electrons. The van der Waals surface area contributed by atoms with Crippen LogP contribution in [0.2, 0.25) is 0 Å². The quantitative estimate of drug-likeness (QED) is 0.849. The van der Waals surface area contributed by atoms with Gasteiger partial charge in [0.1, 0.15) is 0 Å². The fraction of sp³-hybridized carbons (Fsp3) is 0.250. The van der Waals surface area contributed by atoms with Gasteiger partial charge in [0.15, 0.2) is 0 Å². The maximum absolute atomic E-state index is 4.15. The second-order valence-corrected chi connectivity index (χ2v) is 3.46. The minimum atomic E-state index is 0.205. The Kier molecular flexibility index (Phi) is 3.43. The van der Waals surface area contributed by atoms with Gasteiger partial charge in [0, 0.05) is 24.8 Å². The normalized spacial score (nSPS) is 12.1. The average Bonchev–Trinajstić information content (AvgIpc) is 2.38. The summed E-state index contributed by atoms with van der Waals surface area (Å²) in [7, 11) is 0. The molecule has 0 saturated heterocycles. The largest absolute Gasteiger partial charge is 0.347 e. The van der Waals surface area contributed by atoms with Crippen molar-refractivity contribution in [2.45, 2.75) is 19.4 Å². The highest BCUT2D eigenvalue weighted by Gasteiger charge is 2.09. The molecule has 16 heavy (non-hydrogen) atoms. The summed E-state index contributed by atoms with van der Waals surface area (Å²) in [6, 6.07) is 6.00. The Morgan fingerprint density at radius 2 is 2.00 bits per heavy atom. The van der Waals surface area contributed by atoms with Gasteiger partial charge in [0.25, 0.3) is 0 Å². The second-order valence-electron chi connectivity index (χ2n) is 3.46. The first kappa shape index (κ1) is 10.5. The van der Waals surface area contributed by atoms with Crippen LogP contribution in [-0.2, 0) is 0 Å². The van der Waals surface area contributed by atoms with E-state index < -0.39 is 0 Å². The van der Waals surface area contributed by atoms with Crippen LogP contribution in [0, 0.1) is 0 Å². The van der Waals surface area contributed by atoms with Crippen molar-refractivity contribution in [1.82, 2.24) is 15.0 Å². The smallest absolute Gasteiger partial charge is 0.223 e. The molecule has 0 unspecified atom stereocenters. The number of pyridine rings is 1. The van der Waals surface area contributed by atoms with Crippen LogP contribution >= 0.6 is 0 Å². The van der Waals surface area contributed by atoms with E-state index >= 15 is 0 Å². The first-order chi connectivity index (χ1) is 7.90. The average molecular weight is 214 g/mol. The summed E-state index contributed by atoms with van der Waals surface area (Å²) < 4.78 is 0. The van der Waals surface area contributed by atoms with Crippen molar-refractivity contribution in [3.8, 4) is 0 Å². The van der Waals surface area contributed by atoms with E-state index in [0.717, 1.165) is 12.0 Å². The standard InChI is InChI=1S/C12H14N4/c1-2-11(10-5-3-6-13-9-10)16-12-14-7-4-8-15-12/h3-9,11H,2H2,1H3,(H,14,15,16)/t11-/m0/s1. The second kappa shape index (κ2) is 5.21. The summed E-state index contributed by atoms with van der Waals surface area (Å²) in [6.07, 6.45) is 8.06. The predicted octanol–water partition coefficient (Wildman–Crippen LogP) is 2.43. The lowest BCUT2D eigenvalue weighted by atomic mass is 10.1. The maximum Gasteiger partial charge on any atom is 0.223 e. The lowest BCUT2D eigenvalue weighted by Gasteiger charge is -2.16. The number of rotatable bonds is 4. The van der Waals surface area contributed by atoms with Crippen LogP contribution in [0.5, 0.6) is 0 Å². The van der Waals surface area contributed by atoms with E-state index in [1.165, 1.54) is 0 Å². The van der Waals surface area contributed by atoms with Crippen LogP contribution in [0.25, 0.3) is 0 Å².